The van der Waals surface area contributed by atoms with Gasteiger partial charge in [0.05, 0.1) is 15.3 Å². The molecule has 1 N–H and O–H groups in total. The number of rotatable bonds is 2. The number of terminal acetylenes is 1. The second-order valence-electron chi connectivity index (χ2n) is 3.31. The lowest BCUT2D eigenvalue weighted by atomic mass is 10.1. The minimum Gasteiger partial charge on any atom is -0.297 e. The van der Waals surface area contributed by atoms with Gasteiger partial charge < -0.3 is 0 Å². The maximum atomic E-state index is 13.7. The van der Waals surface area contributed by atoms with Crippen LogP contribution in [0, 0.1) is 12.3 Å². The third-order valence-corrected chi connectivity index (χ3v) is 2.47. The number of alkyl halides is 1. The van der Waals surface area contributed by atoms with E-state index in [2.05, 4.69) is 5.32 Å². The largest absolute Gasteiger partial charge is 0.297 e. The van der Waals surface area contributed by atoms with E-state index < -0.39 is 18.7 Å². The van der Waals surface area contributed by atoms with Gasteiger partial charge in [-0.2, -0.15) is 0 Å². The topological polar surface area (TPSA) is 12.0 Å². The Morgan fingerprint density at radius 1 is 1.64 bits per heavy atom. The van der Waals surface area contributed by atoms with Gasteiger partial charge in [-0.15, -0.1) is 6.42 Å². The minimum absolute atomic E-state index is 0.314. The molecule has 0 aliphatic heterocycles. The van der Waals surface area contributed by atoms with Gasteiger partial charge in [0.2, 0.25) is 0 Å². The Bertz CT molecular complexity index is 439. The van der Waals surface area contributed by atoms with Crippen molar-refractivity contribution in [2.24, 2.45) is 0 Å². The number of hydrogen-bond donors (Lipinski definition) is 1. The third kappa shape index (κ3) is 1.51. The Labute approximate surface area is 86.1 Å². The van der Waals surface area contributed by atoms with Gasteiger partial charge in [-0.25, -0.2) is 4.39 Å². The maximum absolute atomic E-state index is 13.7. The van der Waals surface area contributed by atoms with Crippen LogP contribution in [0.5, 0.6) is 0 Å². The molecule has 0 bridgehead atoms. The Morgan fingerprint density at radius 3 is 3.21 bits per heavy atom. The quantitative estimate of drug-likeness (QED) is 0.702. The fraction of sp³-hybridized carbons (Fsp3) is 0.333. The van der Waals surface area contributed by atoms with Crippen LogP contribution in [0.3, 0.4) is 0 Å². The molecule has 0 unspecified atom stereocenters. The van der Waals surface area contributed by atoms with Crippen molar-refractivity contribution in [3.05, 3.63) is 35.4 Å². The first-order valence-corrected chi connectivity index (χ1v) is 4.51. The summed E-state index contributed by atoms with van der Waals surface area (Å²) in [5.41, 5.74) is 1.72. The molecular weight excluding hydrogens is 176 g/mol. The van der Waals surface area contributed by atoms with Crippen LogP contribution in [0.25, 0.3) is 0 Å². The van der Waals surface area contributed by atoms with E-state index in [0.717, 1.165) is 11.1 Å². The number of nitrogens with one attached hydrogen (secondary N) is 1. The Balaban J connectivity index is 2.27. The predicted molar refractivity (Wildman–Crippen MR) is 54.6 cm³/mol. The SMILES string of the molecule is [2H]C([2H])(C#C)N[C@H]1c2ccccc2C[C@@H]1[18F]. The van der Waals surface area contributed by atoms with Crippen LogP contribution in [-0.4, -0.2) is 12.7 Å². The Kier molecular flexibility index (Phi) is 1.91. The van der Waals surface area contributed by atoms with E-state index in [1.54, 1.807) is 6.07 Å². The number of benzene rings is 1. The summed E-state index contributed by atoms with van der Waals surface area (Å²) in [4.78, 5) is 0. The van der Waals surface area contributed by atoms with Crippen LogP contribution in [0.2, 0.25) is 0 Å². The highest BCUT2D eigenvalue weighted by molar-refractivity contribution is 5.36. The number of fused-ring (bicyclic) bond motifs is 1. The molecule has 14 heavy (non-hydrogen) atoms. The molecule has 2 heteroatoms. The molecule has 0 aromatic heterocycles. The molecule has 0 saturated carbocycles. The minimum atomic E-state index is -1.98. The first-order chi connectivity index (χ1) is 7.53. The van der Waals surface area contributed by atoms with Gasteiger partial charge in [-0.1, -0.05) is 30.2 Å². The van der Waals surface area contributed by atoms with Crippen molar-refractivity contribution >= 4 is 0 Å². The molecule has 0 fully saturated rings. The van der Waals surface area contributed by atoms with E-state index >= 15 is 0 Å². The number of halogens is 1. The zero-order valence-corrected chi connectivity index (χ0v) is 7.63. The van der Waals surface area contributed by atoms with E-state index in [-0.39, 0.29) is 0 Å². The summed E-state index contributed by atoms with van der Waals surface area (Å²) in [7, 11) is 0. The van der Waals surface area contributed by atoms with E-state index in [0.29, 0.717) is 6.42 Å². The molecule has 2 rings (SSSR count). The van der Waals surface area contributed by atoms with Gasteiger partial charge in [-0.05, 0) is 11.1 Å². The zero-order chi connectivity index (χ0) is 11.8. The van der Waals surface area contributed by atoms with Crippen molar-refractivity contribution < 1.29 is 7.13 Å². The average Bonchev–Trinajstić information content (AvgIpc) is 2.56. The van der Waals surface area contributed by atoms with E-state index in [1.165, 1.54) is 0 Å². The molecule has 2 atom stereocenters. The molecule has 1 aromatic rings. The molecule has 0 amide bonds. The van der Waals surface area contributed by atoms with E-state index in [4.69, 9.17) is 9.16 Å². The molecule has 72 valence electrons. The molecule has 0 radical (unpaired) electrons. The standard InChI is InChI=1S/C12H12FN/c1-2-7-14-12-10-6-4-3-5-9(10)8-11(12)13/h1,3-6,11-12,14H,7-8H2/t11-,12-/m0/s1/i7D2,13-1. The summed E-state index contributed by atoms with van der Waals surface area (Å²) in [5.74, 6) is 1.98. The summed E-state index contributed by atoms with van der Waals surface area (Å²) in [6.45, 7) is -1.98. The lowest BCUT2D eigenvalue weighted by Gasteiger charge is -2.14. The summed E-state index contributed by atoms with van der Waals surface area (Å²) >= 11 is 0. The van der Waals surface area contributed by atoms with Crippen LogP contribution in [-0.2, 0) is 6.42 Å². The van der Waals surface area contributed by atoms with Crippen molar-refractivity contribution in [2.45, 2.75) is 18.6 Å². The monoisotopic (exact) mass is 190 g/mol. The molecule has 1 aromatic carbocycles. The van der Waals surface area contributed by atoms with Gasteiger partial charge in [0, 0.05) is 6.42 Å². The van der Waals surface area contributed by atoms with Crippen LogP contribution >= 0.6 is 0 Å². The van der Waals surface area contributed by atoms with Gasteiger partial charge >= 0.3 is 0 Å². The highest BCUT2D eigenvalue weighted by atomic mass is 18.2. The fourth-order valence-electron chi connectivity index (χ4n) is 1.83. The predicted octanol–water partition coefficient (Wildman–Crippen LogP) is 1.84. The van der Waals surface area contributed by atoms with Crippen molar-refractivity contribution in [3.63, 3.8) is 0 Å². The molecule has 0 saturated heterocycles. The molecular formula is C12H12FN. The second kappa shape index (κ2) is 3.81. The first kappa shape index (κ1) is 7.03. The zero-order valence-electron chi connectivity index (χ0n) is 9.63. The highest BCUT2D eigenvalue weighted by Gasteiger charge is 2.31. The van der Waals surface area contributed by atoms with Crippen molar-refractivity contribution in [3.8, 4) is 12.3 Å². The van der Waals surface area contributed by atoms with Gasteiger partial charge in [0.15, 0.2) is 0 Å². The van der Waals surface area contributed by atoms with E-state index in [1.807, 2.05) is 24.1 Å². The number of hydrogen-bond acceptors (Lipinski definition) is 1. The summed E-state index contributed by atoms with van der Waals surface area (Å²) in [5, 5.41) is 2.53. The van der Waals surface area contributed by atoms with Gasteiger partial charge in [0.1, 0.15) is 6.17 Å². The molecule has 1 aliphatic carbocycles. The van der Waals surface area contributed by atoms with Crippen LogP contribution in [0.15, 0.2) is 24.3 Å². The molecule has 0 spiro atoms. The van der Waals surface area contributed by atoms with Crippen LogP contribution < -0.4 is 5.32 Å². The van der Waals surface area contributed by atoms with Gasteiger partial charge in [-0.3, -0.25) is 5.32 Å². The van der Waals surface area contributed by atoms with Gasteiger partial charge in [0.25, 0.3) is 0 Å². The summed E-state index contributed by atoms with van der Waals surface area (Å²) in [6.07, 6.45) is 4.23. The first-order valence-electron chi connectivity index (χ1n) is 5.51. The lowest BCUT2D eigenvalue weighted by molar-refractivity contribution is 0.275. The van der Waals surface area contributed by atoms with Crippen molar-refractivity contribution in [2.75, 3.05) is 6.50 Å². The highest BCUT2D eigenvalue weighted by Crippen LogP contribution is 2.32. The van der Waals surface area contributed by atoms with Crippen molar-refractivity contribution in [1.82, 2.24) is 5.32 Å². The second-order valence-corrected chi connectivity index (χ2v) is 3.31. The Morgan fingerprint density at radius 2 is 2.43 bits per heavy atom. The third-order valence-electron chi connectivity index (χ3n) is 2.47. The molecule has 1 nitrogen and oxygen atoms in total. The molecule has 1 aliphatic rings. The smallest absolute Gasteiger partial charge is 0.124 e. The van der Waals surface area contributed by atoms with Crippen LogP contribution in [0.1, 0.15) is 19.9 Å². The Hall–Kier alpha value is -1.33. The van der Waals surface area contributed by atoms with Crippen molar-refractivity contribution in [1.29, 1.82) is 0 Å². The van der Waals surface area contributed by atoms with Crippen LogP contribution in [0.4, 0.5) is 4.39 Å². The fourth-order valence-corrected chi connectivity index (χ4v) is 1.83. The van der Waals surface area contributed by atoms with E-state index in [9.17, 15) is 4.39 Å². The summed E-state index contributed by atoms with van der Waals surface area (Å²) in [6, 6.07) is 6.68. The summed E-state index contributed by atoms with van der Waals surface area (Å²) < 4.78 is 28.6. The lowest BCUT2D eigenvalue weighted by Crippen LogP contribution is -2.26. The normalized spacial score (nSPS) is 27.4. The molecule has 0 heterocycles. The average molecular weight is 190 g/mol. The maximum Gasteiger partial charge on any atom is 0.124 e.